The molecule has 3 rings (SSSR count). The van der Waals surface area contributed by atoms with E-state index < -0.39 is 0 Å². The summed E-state index contributed by atoms with van der Waals surface area (Å²) in [6, 6.07) is 0.105. The van der Waals surface area contributed by atoms with Gasteiger partial charge in [0.15, 0.2) is 0 Å². The van der Waals surface area contributed by atoms with Crippen LogP contribution in [-0.4, -0.2) is 45.3 Å². The summed E-state index contributed by atoms with van der Waals surface area (Å²) in [6.45, 7) is 3.40. The van der Waals surface area contributed by atoms with Crippen molar-refractivity contribution in [2.75, 3.05) is 19.6 Å². The van der Waals surface area contributed by atoms with E-state index in [1.54, 1.807) is 12.7 Å². The lowest BCUT2D eigenvalue weighted by atomic mass is 9.94. The van der Waals surface area contributed by atoms with E-state index in [0.29, 0.717) is 11.8 Å². The number of carbonyl (C=O) groups is 1. The minimum Gasteiger partial charge on any atom is -0.338 e. The molecule has 1 saturated heterocycles. The molecule has 6 heteroatoms. The first kappa shape index (κ1) is 15.1. The predicted octanol–water partition coefficient (Wildman–Crippen LogP) is 2.06. The highest BCUT2D eigenvalue weighted by molar-refractivity contribution is 5.74. The molecule has 0 unspecified atom stereocenters. The molecule has 1 N–H and O–H groups in total. The van der Waals surface area contributed by atoms with Crippen molar-refractivity contribution in [3.63, 3.8) is 0 Å². The van der Waals surface area contributed by atoms with E-state index in [0.717, 1.165) is 51.9 Å². The highest BCUT2D eigenvalue weighted by Crippen LogP contribution is 2.20. The highest BCUT2D eigenvalue weighted by Gasteiger charge is 2.23. The van der Waals surface area contributed by atoms with Crippen LogP contribution in [0.4, 0.5) is 4.79 Å². The lowest BCUT2D eigenvalue weighted by Gasteiger charge is -2.32. The summed E-state index contributed by atoms with van der Waals surface area (Å²) in [5.41, 5.74) is 0. The van der Waals surface area contributed by atoms with Gasteiger partial charge < -0.3 is 10.2 Å². The third kappa shape index (κ3) is 4.08. The predicted molar refractivity (Wildman–Crippen MR) is 84.2 cm³/mol. The van der Waals surface area contributed by atoms with Gasteiger partial charge in [-0.2, -0.15) is 5.10 Å². The first-order chi connectivity index (χ1) is 10.8. The maximum Gasteiger partial charge on any atom is 0.317 e. The fourth-order valence-corrected chi connectivity index (χ4v) is 3.30. The van der Waals surface area contributed by atoms with Gasteiger partial charge in [0.05, 0.1) is 0 Å². The van der Waals surface area contributed by atoms with Crippen LogP contribution >= 0.6 is 0 Å². The van der Waals surface area contributed by atoms with Crippen LogP contribution in [0.25, 0.3) is 0 Å². The minimum absolute atomic E-state index is 0.105. The number of amides is 2. The maximum atomic E-state index is 12.2. The molecule has 2 amide bonds. The van der Waals surface area contributed by atoms with Gasteiger partial charge in [-0.3, -0.25) is 4.68 Å². The molecule has 22 heavy (non-hydrogen) atoms. The second kappa shape index (κ2) is 7.42. The largest absolute Gasteiger partial charge is 0.338 e. The Labute approximate surface area is 131 Å². The van der Waals surface area contributed by atoms with E-state index in [9.17, 15) is 4.79 Å². The second-order valence-corrected chi connectivity index (χ2v) is 6.38. The fraction of sp³-hybridized carbons (Fsp3) is 0.688. The molecule has 1 aliphatic heterocycles. The molecule has 1 fully saturated rings. The molecule has 1 aromatic heterocycles. The number of urea groups is 1. The number of carbonyl (C=O) groups excluding carboxylic acids is 1. The molecule has 0 saturated carbocycles. The Balaban J connectivity index is 1.37. The summed E-state index contributed by atoms with van der Waals surface area (Å²) in [4.78, 5) is 18.2. The Hall–Kier alpha value is -1.85. The Bertz CT molecular complexity index is 491. The molecule has 120 valence electrons. The molecule has 1 aliphatic carbocycles. The molecular weight excluding hydrogens is 278 g/mol. The lowest BCUT2D eigenvalue weighted by Crippen LogP contribution is -2.46. The molecule has 2 heterocycles. The van der Waals surface area contributed by atoms with E-state index >= 15 is 0 Å². The van der Waals surface area contributed by atoms with Gasteiger partial charge >= 0.3 is 6.03 Å². The van der Waals surface area contributed by atoms with E-state index in [1.165, 1.54) is 6.42 Å². The summed E-state index contributed by atoms with van der Waals surface area (Å²) in [5.74, 6) is 1.20. The topological polar surface area (TPSA) is 63.1 Å². The Morgan fingerprint density at radius 1 is 1.18 bits per heavy atom. The van der Waals surface area contributed by atoms with Crippen molar-refractivity contribution < 1.29 is 4.79 Å². The zero-order valence-corrected chi connectivity index (χ0v) is 13.0. The lowest BCUT2D eigenvalue weighted by molar-refractivity contribution is 0.162. The fourth-order valence-electron chi connectivity index (χ4n) is 3.30. The van der Waals surface area contributed by atoms with Crippen molar-refractivity contribution in [3.8, 4) is 0 Å². The third-order valence-corrected chi connectivity index (χ3v) is 4.73. The molecule has 0 aromatic carbocycles. The van der Waals surface area contributed by atoms with Crippen molar-refractivity contribution in [2.24, 2.45) is 11.8 Å². The number of allylic oxidation sites excluding steroid dienone is 2. The third-order valence-electron chi connectivity index (χ3n) is 4.73. The highest BCUT2D eigenvalue weighted by atomic mass is 16.2. The van der Waals surface area contributed by atoms with E-state index in [4.69, 9.17) is 0 Å². The smallest absolute Gasteiger partial charge is 0.317 e. The van der Waals surface area contributed by atoms with Crippen molar-refractivity contribution in [1.29, 1.82) is 0 Å². The van der Waals surface area contributed by atoms with Crippen molar-refractivity contribution in [2.45, 2.75) is 38.6 Å². The quantitative estimate of drug-likeness (QED) is 0.866. The van der Waals surface area contributed by atoms with Gasteiger partial charge in [-0.05, 0) is 43.9 Å². The number of aromatic nitrogens is 3. The first-order valence-corrected chi connectivity index (χ1v) is 8.31. The Kier molecular flexibility index (Phi) is 5.08. The number of piperidine rings is 1. The zero-order chi connectivity index (χ0) is 15.2. The van der Waals surface area contributed by atoms with Gasteiger partial charge in [0, 0.05) is 26.2 Å². The summed E-state index contributed by atoms with van der Waals surface area (Å²) < 4.78 is 1.89. The number of nitrogens with zero attached hydrogens (tertiary/aromatic N) is 4. The summed E-state index contributed by atoms with van der Waals surface area (Å²) in [6.07, 6.45) is 13.3. The monoisotopic (exact) mass is 303 g/mol. The number of rotatable bonds is 4. The SMILES string of the molecule is O=C(NC[C@@H]1CC=CCC1)N1CCC(Cn2cncn2)CC1. The summed E-state index contributed by atoms with van der Waals surface area (Å²) in [5, 5.41) is 7.26. The minimum atomic E-state index is 0.105. The van der Waals surface area contributed by atoms with Gasteiger partial charge in [0.1, 0.15) is 12.7 Å². The molecule has 1 aromatic rings. The normalized spacial score (nSPS) is 22.7. The van der Waals surface area contributed by atoms with Crippen LogP contribution in [0.1, 0.15) is 32.1 Å². The molecule has 1 atom stereocenters. The first-order valence-electron chi connectivity index (χ1n) is 8.31. The van der Waals surface area contributed by atoms with Crippen LogP contribution in [0.3, 0.4) is 0 Å². The number of hydrogen-bond acceptors (Lipinski definition) is 3. The van der Waals surface area contributed by atoms with Crippen LogP contribution in [0.15, 0.2) is 24.8 Å². The summed E-state index contributed by atoms with van der Waals surface area (Å²) in [7, 11) is 0. The van der Waals surface area contributed by atoms with Crippen LogP contribution in [0.5, 0.6) is 0 Å². The Morgan fingerprint density at radius 2 is 2.05 bits per heavy atom. The van der Waals surface area contributed by atoms with Gasteiger partial charge in [0.2, 0.25) is 0 Å². The molecule has 0 spiro atoms. The van der Waals surface area contributed by atoms with Gasteiger partial charge in [-0.25, -0.2) is 9.78 Å². The van der Waals surface area contributed by atoms with E-state index in [1.807, 2.05) is 9.58 Å². The molecule has 2 aliphatic rings. The number of nitrogens with one attached hydrogen (secondary N) is 1. The molecule has 6 nitrogen and oxygen atoms in total. The second-order valence-electron chi connectivity index (χ2n) is 6.38. The molecule has 0 radical (unpaired) electrons. The Morgan fingerprint density at radius 3 is 2.73 bits per heavy atom. The summed E-state index contributed by atoms with van der Waals surface area (Å²) >= 11 is 0. The van der Waals surface area contributed by atoms with Crippen LogP contribution in [0.2, 0.25) is 0 Å². The maximum absolute atomic E-state index is 12.2. The molecular formula is C16H25N5O. The standard InChI is InChI=1S/C16H25N5O/c22-16(18-10-14-4-2-1-3-5-14)20-8-6-15(7-9-20)11-21-13-17-12-19-21/h1-2,12-15H,3-11H2,(H,18,22)/t14-/m1/s1. The van der Waals surface area contributed by atoms with Gasteiger partial charge in [-0.15, -0.1) is 0 Å². The zero-order valence-electron chi connectivity index (χ0n) is 13.0. The van der Waals surface area contributed by atoms with Gasteiger partial charge in [-0.1, -0.05) is 12.2 Å². The van der Waals surface area contributed by atoms with Crippen molar-refractivity contribution >= 4 is 6.03 Å². The van der Waals surface area contributed by atoms with Crippen LogP contribution in [0, 0.1) is 11.8 Å². The van der Waals surface area contributed by atoms with E-state index in [-0.39, 0.29) is 6.03 Å². The van der Waals surface area contributed by atoms with Crippen molar-refractivity contribution in [1.82, 2.24) is 25.0 Å². The van der Waals surface area contributed by atoms with Crippen LogP contribution < -0.4 is 5.32 Å². The van der Waals surface area contributed by atoms with Gasteiger partial charge in [0.25, 0.3) is 0 Å². The number of hydrogen-bond donors (Lipinski definition) is 1. The van der Waals surface area contributed by atoms with Crippen LogP contribution in [-0.2, 0) is 6.54 Å². The number of likely N-dealkylation sites (tertiary alicyclic amines) is 1. The van der Waals surface area contributed by atoms with Crippen molar-refractivity contribution in [3.05, 3.63) is 24.8 Å². The average Bonchev–Trinajstić information content (AvgIpc) is 3.07. The van der Waals surface area contributed by atoms with E-state index in [2.05, 4.69) is 27.6 Å². The average molecular weight is 303 g/mol. The molecule has 0 bridgehead atoms.